The third-order valence-electron chi connectivity index (χ3n) is 5.82. The average Bonchev–Trinajstić information content (AvgIpc) is 2.86. The van der Waals surface area contributed by atoms with E-state index in [1.54, 1.807) is 41.3 Å². The molecule has 1 fully saturated rings. The number of alkyl halides is 1. The molecule has 3 aromatic carbocycles. The van der Waals surface area contributed by atoms with Crippen molar-refractivity contribution in [2.75, 3.05) is 36.5 Å². The molecule has 1 heterocycles. The van der Waals surface area contributed by atoms with E-state index < -0.39 is 17.9 Å². The van der Waals surface area contributed by atoms with Crippen molar-refractivity contribution in [1.29, 1.82) is 0 Å². The molecule has 0 radical (unpaired) electrons. The van der Waals surface area contributed by atoms with Gasteiger partial charge in [0.25, 0.3) is 5.91 Å². The van der Waals surface area contributed by atoms with E-state index in [0.29, 0.717) is 33.1 Å². The Balaban J connectivity index is 0.000000687. The molecule has 1 saturated heterocycles. The number of benzene rings is 3. The van der Waals surface area contributed by atoms with Crippen molar-refractivity contribution in [2.24, 2.45) is 5.41 Å². The predicted molar refractivity (Wildman–Crippen MR) is 149 cm³/mol. The maximum absolute atomic E-state index is 14.3. The standard InChI is InChI=1S/C24H17Cl2F2N2O2.C5H11O.K/c1-29(24(32)23-19(26)3-2-4-20(23)28)21-8-6-15(10-22(21)30-11-16(27)12-30)17-9-14(13-31)5-7-18(17)25;1-5(2,3)4-6;/h2-10,16H,11-12H2,1H3;6H,1,4H2,2-3H3;/q2*-1;+1. The minimum atomic E-state index is -0.981. The smallest absolute Gasteiger partial charge is 0.399 e. The third kappa shape index (κ3) is 8.56. The molecule has 1 amide bonds. The van der Waals surface area contributed by atoms with Gasteiger partial charge in [-0.15, -0.1) is 5.41 Å². The molecule has 0 unspecified atom stereocenters. The van der Waals surface area contributed by atoms with Crippen molar-refractivity contribution in [3.8, 4) is 11.1 Å². The van der Waals surface area contributed by atoms with Gasteiger partial charge in [0.2, 0.25) is 0 Å². The summed E-state index contributed by atoms with van der Waals surface area (Å²) >= 11 is 12.4. The number of anilines is 2. The van der Waals surface area contributed by atoms with E-state index >= 15 is 0 Å². The van der Waals surface area contributed by atoms with Gasteiger partial charge < -0.3 is 26.6 Å². The van der Waals surface area contributed by atoms with E-state index in [9.17, 15) is 18.4 Å². The Bertz CT molecular complexity index is 1310. The van der Waals surface area contributed by atoms with Gasteiger partial charge in [-0.3, -0.25) is 4.79 Å². The first-order valence-electron chi connectivity index (χ1n) is 11.8. The van der Waals surface area contributed by atoms with Crippen LogP contribution in [-0.2, 0) is 4.79 Å². The van der Waals surface area contributed by atoms with Crippen molar-refractivity contribution in [3.05, 3.63) is 88.5 Å². The van der Waals surface area contributed by atoms with E-state index in [2.05, 4.69) is 6.92 Å². The summed E-state index contributed by atoms with van der Waals surface area (Å²) in [6, 6.07) is 14.0. The normalized spacial score (nSPS) is 13.0. The molecule has 202 valence electrons. The van der Waals surface area contributed by atoms with Crippen LogP contribution in [0.2, 0.25) is 10.0 Å². The molecule has 0 spiro atoms. The quantitative estimate of drug-likeness (QED) is 0.348. The van der Waals surface area contributed by atoms with Crippen LogP contribution in [0.15, 0.2) is 54.6 Å². The van der Waals surface area contributed by atoms with Gasteiger partial charge in [-0.25, -0.2) is 8.78 Å². The number of carbonyl (C=O) groups is 1. The Kier molecular flexibility index (Phi) is 12.6. The van der Waals surface area contributed by atoms with E-state index in [1.807, 2.05) is 20.1 Å². The summed E-state index contributed by atoms with van der Waals surface area (Å²) in [5.41, 5.74) is 2.26. The number of rotatable bonds is 6. The van der Waals surface area contributed by atoms with Crippen molar-refractivity contribution < 1.29 is 74.9 Å². The zero-order valence-corrected chi connectivity index (χ0v) is 26.9. The number of carbonyl (C=O) groups excluding carboxylic acids is 2. The first-order chi connectivity index (χ1) is 17.9. The minimum absolute atomic E-state index is 0. The van der Waals surface area contributed by atoms with Gasteiger partial charge in [-0.05, 0) is 29.8 Å². The number of aliphatic hydroxyl groups excluding tert-OH is 1. The second kappa shape index (κ2) is 14.5. The van der Waals surface area contributed by atoms with Gasteiger partial charge in [-0.2, -0.15) is 17.7 Å². The van der Waals surface area contributed by atoms with Gasteiger partial charge in [0.05, 0.1) is 41.3 Å². The second-order valence-electron chi connectivity index (χ2n) is 9.79. The van der Waals surface area contributed by atoms with Crippen LogP contribution in [0.1, 0.15) is 29.8 Å². The van der Waals surface area contributed by atoms with Gasteiger partial charge in [0, 0.05) is 18.7 Å². The summed E-state index contributed by atoms with van der Waals surface area (Å²) in [6.45, 7) is 7.89. The Morgan fingerprint density at radius 2 is 1.79 bits per heavy atom. The average molecular weight is 601 g/mol. The molecule has 1 aliphatic heterocycles. The molecule has 1 aliphatic rings. The summed E-state index contributed by atoms with van der Waals surface area (Å²) in [4.78, 5) is 27.2. The molecule has 5 nitrogen and oxygen atoms in total. The van der Waals surface area contributed by atoms with Gasteiger partial charge in [-0.1, -0.05) is 60.8 Å². The largest absolute Gasteiger partial charge is 1.00 e. The Labute approximate surface area is 280 Å². The number of hydrogen-bond acceptors (Lipinski definition) is 4. The topological polar surface area (TPSA) is 60.9 Å². The second-order valence-corrected chi connectivity index (χ2v) is 10.6. The van der Waals surface area contributed by atoms with Crippen molar-refractivity contribution in [2.45, 2.75) is 20.0 Å². The Hall–Kier alpha value is -1.36. The fourth-order valence-corrected chi connectivity index (χ4v) is 4.11. The molecule has 10 heteroatoms. The molecule has 4 rings (SSSR count). The Morgan fingerprint density at radius 1 is 1.15 bits per heavy atom. The van der Waals surface area contributed by atoms with Crippen molar-refractivity contribution >= 4 is 46.8 Å². The summed E-state index contributed by atoms with van der Waals surface area (Å²) in [5, 5.41) is 8.77. The third-order valence-corrected chi connectivity index (χ3v) is 6.46. The molecule has 1 N–H and O–H groups in total. The number of nitrogens with zero attached hydrogens (tertiary/aromatic N) is 2. The molecular weight excluding hydrogens is 572 g/mol. The van der Waals surface area contributed by atoms with E-state index in [1.165, 1.54) is 30.1 Å². The van der Waals surface area contributed by atoms with Crippen molar-refractivity contribution in [3.63, 3.8) is 0 Å². The fraction of sp³-hybridized carbons (Fsp3) is 0.276. The summed E-state index contributed by atoms with van der Waals surface area (Å²) < 4.78 is 28.0. The minimum Gasteiger partial charge on any atom is -0.399 e. The summed E-state index contributed by atoms with van der Waals surface area (Å²) in [6.07, 6.45) is 0.852. The van der Waals surface area contributed by atoms with Crippen LogP contribution in [-0.4, -0.2) is 50.2 Å². The van der Waals surface area contributed by atoms with Crippen LogP contribution < -0.4 is 61.2 Å². The molecule has 0 saturated carbocycles. The first-order valence-corrected chi connectivity index (χ1v) is 12.5. The maximum Gasteiger partial charge on any atom is 1.00 e. The molecule has 0 bridgehead atoms. The van der Waals surface area contributed by atoms with E-state index in [4.69, 9.17) is 28.3 Å². The monoisotopic (exact) mass is 599 g/mol. The van der Waals surface area contributed by atoms with Gasteiger partial charge >= 0.3 is 51.4 Å². The Morgan fingerprint density at radius 3 is 2.33 bits per heavy atom. The molecule has 39 heavy (non-hydrogen) atoms. The van der Waals surface area contributed by atoms with Gasteiger partial charge in [0.1, 0.15) is 12.0 Å². The molecule has 0 aliphatic carbocycles. The molecule has 3 aromatic rings. The summed E-state index contributed by atoms with van der Waals surface area (Å²) in [5.74, 6) is -1.36. The van der Waals surface area contributed by atoms with Crippen LogP contribution in [0.5, 0.6) is 0 Å². The zero-order chi connectivity index (χ0) is 28.2. The number of hydrogen-bond donors (Lipinski definition) is 1. The number of aliphatic hydroxyl groups is 1. The van der Waals surface area contributed by atoms with Crippen LogP contribution >= 0.6 is 23.2 Å². The van der Waals surface area contributed by atoms with E-state index in [-0.39, 0.29) is 87.1 Å². The van der Waals surface area contributed by atoms with Crippen LogP contribution in [0.4, 0.5) is 20.2 Å². The van der Waals surface area contributed by atoms with Crippen LogP contribution in [0, 0.1) is 18.2 Å². The van der Waals surface area contributed by atoms with E-state index in [0.717, 1.165) is 0 Å². The first kappa shape index (κ1) is 33.8. The van der Waals surface area contributed by atoms with Crippen molar-refractivity contribution in [1.82, 2.24) is 0 Å². The molecular formula is C29H28Cl2F2KN2O3-. The van der Waals surface area contributed by atoms with Crippen LogP contribution in [0.3, 0.4) is 0 Å². The SMILES string of the molecule is CN(C(=O)c1c(F)cccc1Cl)c1ccc(-c2cc([C-]=O)ccc2Cl)cc1N1CC(F)C1.[CH2-]C(C)(C)CO.[K+]. The number of amides is 1. The summed E-state index contributed by atoms with van der Waals surface area (Å²) in [7, 11) is 1.51. The maximum atomic E-state index is 14.3. The number of halogens is 4. The molecule has 0 atom stereocenters. The predicted octanol–water partition coefficient (Wildman–Crippen LogP) is 3.53. The molecule has 0 aromatic heterocycles. The fourth-order valence-electron chi connectivity index (χ4n) is 3.64. The van der Waals surface area contributed by atoms with Gasteiger partial charge in [0.15, 0.2) is 0 Å². The zero-order valence-electron chi connectivity index (χ0n) is 22.3. The van der Waals surface area contributed by atoms with Crippen LogP contribution in [0.25, 0.3) is 11.1 Å².